The van der Waals surface area contributed by atoms with Crippen LogP contribution < -0.4 is 11.0 Å². The van der Waals surface area contributed by atoms with Gasteiger partial charge in [-0.2, -0.15) is 10.2 Å². The number of benzene rings is 1. The maximum absolute atomic E-state index is 11.2. The molecule has 0 aliphatic heterocycles. The lowest BCUT2D eigenvalue weighted by atomic mass is 10.2. The Morgan fingerprint density at radius 3 is 2.72 bits per heavy atom. The standard InChI is InChI=1S/C11H8Br2N4O/c12-8-3-1-7(2-4-8)5-14-16-9-6-15-17-11(18)10(9)13/h1-6H,(H2,16,17,18)/b14-5+. The first-order chi connectivity index (χ1) is 8.66. The van der Waals surface area contributed by atoms with Crippen LogP contribution in [0.2, 0.25) is 0 Å². The predicted molar refractivity (Wildman–Crippen MR) is 77.9 cm³/mol. The molecule has 1 aromatic heterocycles. The molecule has 1 heterocycles. The highest BCUT2D eigenvalue weighted by molar-refractivity contribution is 9.10. The van der Waals surface area contributed by atoms with E-state index < -0.39 is 0 Å². The minimum atomic E-state index is -0.307. The highest BCUT2D eigenvalue weighted by Gasteiger charge is 2.02. The first-order valence-corrected chi connectivity index (χ1v) is 6.53. The van der Waals surface area contributed by atoms with Crippen LogP contribution in [0.3, 0.4) is 0 Å². The summed E-state index contributed by atoms with van der Waals surface area (Å²) in [7, 11) is 0. The summed E-state index contributed by atoms with van der Waals surface area (Å²) in [4.78, 5) is 11.2. The first-order valence-electron chi connectivity index (χ1n) is 4.94. The Morgan fingerprint density at radius 1 is 1.28 bits per heavy atom. The fourth-order valence-corrected chi connectivity index (χ4v) is 1.73. The van der Waals surface area contributed by atoms with Gasteiger partial charge in [0.15, 0.2) is 0 Å². The minimum Gasteiger partial charge on any atom is -0.275 e. The van der Waals surface area contributed by atoms with E-state index in [0.717, 1.165) is 10.0 Å². The number of hydrazone groups is 1. The molecule has 5 nitrogen and oxygen atoms in total. The number of rotatable bonds is 3. The van der Waals surface area contributed by atoms with Crippen molar-refractivity contribution in [3.63, 3.8) is 0 Å². The van der Waals surface area contributed by atoms with Gasteiger partial charge in [-0.3, -0.25) is 10.2 Å². The van der Waals surface area contributed by atoms with Gasteiger partial charge in [-0.15, -0.1) is 0 Å². The highest BCUT2D eigenvalue weighted by Crippen LogP contribution is 2.15. The van der Waals surface area contributed by atoms with Gasteiger partial charge < -0.3 is 0 Å². The Kier molecular flexibility index (Phi) is 4.27. The molecular weight excluding hydrogens is 364 g/mol. The van der Waals surface area contributed by atoms with E-state index in [4.69, 9.17) is 0 Å². The number of nitrogens with one attached hydrogen (secondary N) is 2. The van der Waals surface area contributed by atoms with Crippen LogP contribution in [0.5, 0.6) is 0 Å². The van der Waals surface area contributed by atoms with Gasteiger partial charge >= 0.3 is 0 Å². The molecule has 0 aliphatic carbocycles. The van der Waals surface area contributed by atoms with E-state index in [1.807, 2.05) is 24.3 Å². The Balaban J connectivity index is 2.09. The molecule has 2 aromatic rings. The van der Waals surface area contributed by atoms with Gasteiger partial charge in [0, 0.05) is 4.47 Å². The van der Waals surface area contributed by atoms with Gasteiger partial charge in [-0.1, -0.05) is 28.1 Å². The summed E-state index contributed by atoms with van der Waals surface area (Å²) in [6.07, 6.45) is 3.13. The van der Waals surface area contributed by atoms with Crippen LogP contribution in [0, 0.1) is 0 Å². The summed E-state index contributed by atoms with van der Waals surface area (Å²) in [5.74, 6) is 0. The van der Waals surface area contributed by atoms with Gasteiger partial charge in [0.2, 0.25) is 0 Å². The van der Waals surface area contributed by atoms with Crippen LogP contribution in [-0.4, -0.2) is 16.4 Å². The number of hydrogen-bond acceptors (Lipinski definition) is 4. The Morgan fingerprint density at radius 2 is 2.00 bits per heavy atom. The number of anilines is 1. The van der Waals surface area contributed by atoms with Gasteiger partial charge in [-0.25, -0.2) is 5.10 Å². The van der Waals surface area contributed by atoms with Gasteiger partial charge in [-0.05, 0) is 33.6 Å². The fraction of sp³-hybridized carbons (Fsp3) is 0. The third-order valence-corrected chi connectivity index (χ3v) is 3.38. The third-order valence-electron chi connectivity index (χ3n) is 2.06. The number of nitrogens with zero attached hydrogens (tertiary/aromatic N) is 2. The predicted octanol–water partition coefficient (Wildman–Crippen LogP) is 2.74. The van der Waals surface area contributed by atoms with Crippen LogP contribution in [0.4, 0.5) is 5.69 Å². The maximum atomic E-state index is 11.2. The lowest BCUT2D eigenvalue weighted by molar-refractivity contribution is 0.977. The number of H-pyrrole nitrogens is 1. The molecule has 0 unspecified atom stereocenters. The van der Waals surface area contributed by atoms with Gasteiger partial charge in [0.25, 0.3) is 5.56 Å². The van der Waals surface area contributed by atoms with Crippen molar-refractivity contribution in [2.45, 2.75) is 0 Å². The van der Waals surface area contributed by atoms with Crippen LogP contribution in [-0.2, 0) is 0 Å². The van der Waals surface area contributed by atoms with E-state index in [1.165, 1.54) is 6.20 Å². The average Bonchev–Trinajstić information content (AvgIpc) is 2.37. The number of aromatic amines is 1. The SMILES string of the molecule is O=c1[nH]ncc(N/N=C/c2ccc(Br)cc2)c1Br. The van der Waals surface area contributed by atoms with Crippen LogP contribution in [0.15, 0.2) is 49.3 Å². The van der Waals surface area contributed by atoms with Crippen LogP contribution in [0.25, 0.3) is 0 Å². The topological polar surface area (TPSA) is 70.1 Å². The zero-order valence-corrected chi connectivity index (χ0v) is 12.2. The highest BCUT2D eigenvalue weighted by atomic mass is 79.9. The number of aromatic nitrogens is 2. The molecule has 0 atom stereocenters. The summed E-state index contributed by atoms with van der Waals surface area (Å²) in [5.41, 5.74) is 3.89. The van der Waals surface area contributed by atoms with Gasteiger partial charge in [0.1, 0.15) is 4.47 Å². The Labute approximate surface area is 120 Å². The molecule has 2 rings (SSSR count). The molecule has 2 N–H and O–H groups in total. The van der Waals surface area contributed by atoms with Crippen molar-refractivity contribution in [2.75, 3.05) is 5.43 Å². The number of hydrogen-bond donors (Lipinski definition) is 2. The van der Waals surface area contributed by atoms with Crippen molar-refractivity contribution in [3.8, 4) is 0 Å². The van der Waals surface area contributed by atoms with Crippen LogP contribution in [0.1, 0.15) is 5.56 Å². The lowest BCUT2D eigenvalue weighted by Gasteiger charge is -2.00. The summed E-state index contributed by atoms with van der Waals surface area (Å²) >= 11 is 6.50. The molecule has 0 spiro atoms. The second kappa shape index (κ2) is 5.92. The zero-order valence-electron chi connectivity index (χ0n) is 9.02. The molecule has 0 saturated carbocycles. The molecule has 18 heavy (non-hydrogen) atoms. The van der Waals surface area contributed by atoms with Gasteiger partial charge in [0.05, 0.1) is 18.1 Å². The largest absolute Gasteiger partial charge is 0.280 e. The Bertz CT molecular complexity index is 622. The summed E-state index contributed by atoms with van der Waals surface area (Å²) < 4.78 is 1.37. The van der Waals surface area contributed by atoms with E-state index in [1.54, 1.807) is 6.21 Å². The molecule has 0 fully saturated rings. The van der Waals surface area contributed by atoms with E-state index in [2.05, 4.69) is 52.6 Å². The summed E-state index contributed by atoms with van der Waals surface area (Å²) in [5, 5.41) is 10.0. The quantitative estimate of drug-likeness (QED) is 0.643. The smallest absolute Gasteiger partial charge is 0.275 e. The summed E-state index contributed by atoms with van der Waals surface area (Å²) in [6.45, 7) is 0. The van der Waals surface area contributed by atoms with Crippen LogP contribution >= 0.6 is 31.9 Å². The van der Waals surface area contributed by atoms with E-state index in [-0.39, 0.29) is 5.56 Å². The molecule has 7 heteroatoms. The van der Waals surface area contributed by atoms with Crippen molar-refractivity contribution in [1.29, 1.82) is 0 Å². The third kappa shape index (κ3) is 3.27. The van der Waals surface area contributed by atoms with Crippen molar-refractivity contribution in [2.24, 2.45) is 5.10 Å². The molecule has 0 amide bonds. The lowest BCUT2D eigenvalue weighted by Crippen LogP contribution is -2.10. The molecule has 92 valence electrons. The molecule has 1 aromatic carbocycles. The fourth-order valence-electron chi connectivity index (χ4n) is 1.19. The first kappa shape index (κ1) is 13.0. The molecule has 0 aliphatic rings. The van der Waals surface area contributed by atoms with Crippen molar-refractivity contribution in [3.05, 3.63) is 55.3 Å². The Hall–Kier alpha value is -1.47. The maximum Gasteiger partial charge on any atom is 0.280 e. The zero-order chi connectivity index (χ0) is 13.0. The molecule has 0 radical (unpaired) electrons. The molecule has 0 bridgehead atoms. The monoisotopic (exact) mass is 370 g/mol. The molecular formula is C11H8Br2N4O. The second-order valence-electron chi connectivity index (χ2n) is 3.35. The number of halogens is 2. The minimum absolute atomic E-state index is 0.307. The second-order valence-corrected chi connectivity index (χ2v) is 5.06. The van der Waals surface area contributed by atoms with Crippen molar-refractivity contribution < 1.29 is 0 Å². The van der Waals surface area contributed by atoms with Crippen molar-refractivity contribution in [1.82, 2.24) is 10.2 Å². The summed E-state index contributed by atoms with van der Waals surface area (Å²) in [6, 6.07) is 7.68. The molecule has 0 saturated heterocycles. The van der Waals surface area contributed by atoms with Crippen molar-refractivity contribution >= 4 is 43.8 Å². The van der Waals surface area contributed by atoms with E-state index in [9.17, 15) is 4.79 Å². The normalized spacial score (nSPS) is 10.8. The van der Waals surface area contributed by atoms with E-state index >= 15 is 0 Å². The average molecular weight is 372 g/mol. The van der Waals surface area contributed by atoms with E-state index in [0.29, 0.717) is 10.2 Å².